The van der Waals surface area contributed by atoms with E-state index in [9.17, 15) is 4.79 Å². The van der Waals surface area contributed by atoms with Crippen LogP contribution >= 0.6 is 0 Å². The fraction of sp³-hybridized carbons (Fsp3) is 0.435. The molecule has 0 spiro atoms. The summed E-state index contributed by atoms with van der Waals surface area (Å²) in [5, 5.41) is 2.96. The van der Waals surface area contributed by atoms with Gasteiger partial charge in [-0.25, -0.2) is 0 Å². The minimum absolute atomic E-state index is 0.116. The van der Waals surface area contributed by atoms with Crippen LogP contribution in [0.25, 0.3) is 0 Å². The average Bonchev–Trinajstić information content (AvgIpc) is 2.75. The van der Waals surface area contributed by atoms with Crippen LogP contribution in [0, 0.1) is 0 Å². The molecule has 1 atom stereocenters. The van der Waals surface area contributed by atoms with Crippen molar-refractivity contribution in [2.75, 3.05) is 14.2 Å². The predicted molar refractivity (Wildman–Crippen MR) is 109 cm³/mol. The van der Waals surface area contributed by atoms with Crippen molar-refractivity contribution in [1.29, 1.82) is 0 Å². The summed E-state index contributed by atoms with van der Waals surface area (Å²) in [6, 6.07) is 11.8. The molecule has 0 unspecified atom stereocenters. The maximum absolute atomic E-state index is 12.6. The molecule has 0 radical (unpaired) electrons. The zero-order chi connectivity index (χ0) is 19.9. The van der Waals surface area contributed by atoms with Crippen LogP contribution in [0.3, 0.4) is 0 Å². The molecule has 3 rings (SSSR count). The van der Waals surface area contributed by atoms with Crippen molar-refractivity contribution in [3.05, 3.63) is 53.1 Å². The molecule has 150 valence electrons. The average molecular weight is 383 g/mol. The Morgan fingerprint density at radius 2 is 1.75 bits per heavy atom. The van der Waals surface area contributed by atoms with Crippen LogP contribution in [-0.4, -0.2) is 26.2 Å². The molecule has 5 heteroatoms. The van der Waals surface area contributed by atoms with Gasteiger partial charge in [-0.05, 0) is 73.1 Å². The molecular weight excluding hydrogens is 354 g/mol. The van der Waals surface area contributed by atoms with Gasteiger partial charge in [-0.2, -0.15) is 0 Å². The van der Waals surface area contributed by atoms with E-state index >= 15 is 0 Å². The second-order valence-electron chi connectivity index (χ2n) is 7.06. The lowest BCUT2D eigenvalue weighted by atomic mass is 9.92. The van der Waals surface area contributed by atoms with Gasteiger partial charge in [0.25, 0.3) is 5.91 Å². The SMILES string of the molecule is CC[C@H](Oc1ccc2c(c1)CCCC2)C(=O)NCc1ccc(OC)c(OC)c1. The number of hydrogen-bond donors (Lipinski definition) is 1. The Labute approximate surface area is 167 Å². The molecular formula is C23H29NO4. The van der Waals surface area contributed by atoms with E-state index < -0.39 is 6.10 Å². The maximum Gasteiger partial charge on any atom is 0.261 e. The van der Waals surface area contributed by atoms with E-state index in [1.54, 1.807) is 14.2 Å². The summed E-state index contributed by atoms with van der Waals surface area (Å²) in [5.74, 6) is 1.97. The fourth-order valence-corrected chi connectivity index (χ4v) is 3.56. The van der Waals surface area contributed by atoms with E-state index in [1.807, 2.05) is 31.2 Å². The van der Waals surface area contributed by atoms with Gasteiger partial charge in [0.15, 0.2) is 17.6 Å². The predicted octanol–water partition coefficient (Wildman–Crippen LogP) is 4.06. The van der Waals surface area contributed by atoms with Gasteiger partial charge in [-0.3, -0.25) is 4.79 Å². The number of aryl methyl sites for hydroxylation is 2. The van der Waals surface area contributed by atoms with Crippen molar-refractivity contribution in [2.24, 2.45) is 0 Å². The highest BCUT2D eigenvalue weighted by Gasteiger charge is 2.19. The highest BCUT2D eigenvalue weighted by Crippen LogP contribution is 2.28. The molecule has 0 saturated carbocycles. The lowest BCUT2D eigenvalue weighted by Gasteiger charge is -2.20. The third-order valence-electron chi connectivity index (χ3n) is 5.18. The number of benzene rings is 2. The first-order valence-electron chi connectivity index (χ1n) is 9.91. The van der Waals surface area contributed by atoms with E-state index in [1.165, 1.54) is 24.0 Å². The highest BCUT2D eigenvalue weighted by molar-refractivity contribution is 5.81. The number of fused-ring (bicyclic) bond motifs is 1. The first-order valence-corrected chi connectivity index (χ1v) is 9.91. The lowest BCUT2D eigenvalue weighted by Crippen LogP contribution is -2.37. The van der Waals surface area contributed by atoms with Crippen molar-refractivity contribution >= 4 is 5.91 Å². The van der Waals surface area contributed by atoms with Crippen molar-refractivity contribution in [3.8, 4) is 17.2 Å². The second-order valence-corrected chi connectivity index (χ2v) is 7.06. The number of rotatable bonds is 8. The number of carbonyl (C=O) groups is 1. The van der Waals surface area contributed by atoms with E-state index in [2.05, 4.69) is 17.4 Å². The molecule has 0 fully saturated rings. The lowest BCUT2D eigenvalue weighted by molar-refractivity contribution is -0.128. The van der Waals surface area contributed by atoms with Crippen LogP contribution in [0.1, 0.15) is 42.9 Å². The molecule has 1 amide bonds. The molecule has 1 N–H and O–H groups in total. The Hall–Kier alpha value is -2.69. The summed E-state index contributed by atoms with van der Waals surface area (Å²) in [4.78, 5) is 12.6. The molecule has 1 aliphatic rings. The topological polar surface area (TPSA) is 56.8 Å². The third-order valence-corrected chi connectivity index (χ3v) is 5.18. The van der Waals surface area contributed by atoms with Crippen molar-refractivity contribution in [1.82, 2.24) is 5.32 Å². The Bertz CT molecular complexity index is 818. The van der Waals surface area contributed by atoms with E-state index in [-0.39, 0.29) is 5.91 Å². The monoisotopic (exact) mass is 383 g/mol. The first-order chi connectivity index (χ1) is 13.6. The maximum atomic E-state index is 12.6. The van der Waals surface area contributed by atoms with E-state index in [0.717, 1.165) is 24.2 Å². The highest BCUT2D eigenvalue weighted by atomic mass is 16.5. The minimum atomic E-state index is -0.512. The minimum Gasteiger partial charge on any atom is -0.493 e. The Morgan fingerprint density at radius 1 is 1.00 bits per heavy atom. The normalized spacial score (nSPS) is 14.0. The zero-order valence-corrected chi connectivity index (χ0v) is 16.9. The van der Waals surface area contributed by atoms with Gasteiger partial charge >= 0.3 is 0 Å². The Balaban J connectivity index is 1.61. The first kappa shape index (κ1) is 20.1. The van der Waals surface area contributed by atoms with Crippen LogP contribution in [0.5, 0.6) is 17.2 Å². The van der Waals surface area contributed by atoms with Gasteiger partial charge in [0.1, 0.15) is 5.75 Å². The van der Waals surface area contributed by atoms with Gasteiger partial charge in [0, 0.05) is 6.54 Å². The number of hydrogen-bond acceptors (Lipinski definition) is 4. The molecule has 1 aliphatic carbocycles. The molecule has 0 aliphatic heterocycles. The largest absolute Gasteiger partial charge is 0.493 e. The molecule has 0 aromatic heterocycles. The zero-order valence-electron chi connectivity index (χ0n) is 16.9. The Morgan fingerprint density at radius 3 is 2.46 bits per heavy atom. The van der Waals surface area contributed by atoms with Crippen LogP contribution in [0.4, 0.5) is 0 Å². The standard InChI is InChI=1S/C23H29NO4/c1-4-20(28-19-11-10-17-7-5-6-8-18(17)14-19)23(25)24-15-16-9-12-21(26-2)22(13-16)27-3/h9-14,20H,4-8,15H2,1-3H3,(H,24,25)/t20-/m0/s1. The molecule has 28 heavy (non-hydrogen) atoms. The smallest absolute Gasteiger partial charge is 0.261 e. The molecule has 0 bridgehead atoms. The van der Waals surface area contributed by atoms with Crippen LogP contribution in [0.15, 0.2) is 36.4 Å². The van der Waals surface area contributed by atoms with Gasteiger partial charge in [0.05, 0.1) is 14.2 Å². The molecule has 2 aromatic rings. The van der Waals surface area contributed by atoms with Gasteiger partial charge in [-0.15, -0.1) is 0 Å². The van der Waals surface area contributed by atoms with Gasteiger partial charge in [0.2, 0.25) is 0 Å². The summed E-state index contributed by atoms with van der Waals surface area (Å²) in [6.45, 7) is 2.36. The third kappa shape index (κ3) is 4.77. The summed E-state index contributed by atoms with van der Waals surface area (Å²) < 4.78 is 16.6. The van der Waals surface area contributed by atoms with E-state index in [4.69, 9.17) is 14.2 Å². The van der Waals surface area contributed by atoms with E-state index in [0.29, 0.717) is 24.5 Å². The second kappa shape index (κ2) is 9.49. The van der Waals surface area contributed by atoms with Crippen molar-refractivity contribution in [2.45, 2.75) is 51.7 Å². The van der Waals surface area contributed by atoms with Gasteiger partial charge in [-0.1, -0.05) is 19.1 Å². The summed E-state index contributed by atoms with van der Waals surface area (Å²) >= 11 is 0. The fourth-order valence-electron chi connectivity index (χ4n) is 3.56. The van der Waals surface area contributed by atoms with Crippen LogP contribution in [0.2, 0.25) is 0 Å². The molecule has 0 heterocycles. The molecule has 0 saturated heterocycles. The Kier molecular flexibility index (Phi) is 6.80. The molecule has 5 nitrogen and oxygen atoms in total. The quantitative estimate of drug-likeness (QED) is 0.747. The number of methoxy groups -OCH3 is 2. The van der Waals surface area contributed by atoms with Crippen LogP contribution in [-0.2, 0) is 24.2 Å². The van der Waals surface area contributed by atoms with Crippen molar-refractivity contribution in [3.63, 3.8) is 0 Å². The van der Waals surface area contributed by atoms with Crippen molar-refractivity contribution < 1.29 is 19.0 Å². The molecule has 2 aromatic carbocycles. The summed E-state index contributed by atoms with van der Waals surface area (Å²) in [6.07, 6.45) is 4.80. The number of nitrogens with one attached hydrogen (secondary N) is 1. The number of amides is 1. The number of ether oxygens (including phenoxy) is 3. The summed E-state index contributed by atoms with van der Waals surface area (Å²) in [7, 11) is 3.20. The number of carbonyl (C=O) groups excluding carboxylic acids is 1. The summed E-state index contributed by atoms with van der Waals surface area (Å²) in [5.41, 5.74) is 3.70. The van der Waals surface area contributed by atoms with Gasteiger partial charge < -0.3 is 19.5 Å². The van der Waals surface area contributed by atoms with Crippen LogP contribution < -0.4 is 19.5 Å².